The zero-order chi connectivity index (χ0) is 21.3. The first kappa shape index (κ1) is 22.5. The molecule has 0 radical (unpaired) electrons. The summed E-state index contributed by atoms with van der Waals surface area (Å²) in [7, 11) is 0. The molecule has 4 N–H and O–H groups in total. The summed E-state index contributed by atoms with van der Waals surface area (Å²) < 4.78 is 19.6. The summed E-state index contributed by atoms with van der Waals surface area (Å²) in [6, 6.07) is 5.03. The fraction of sp³-hybridized carbons (Fsp3) is 0.636. The topological polar surface area (TPSA) is 99.7 Å². The Morgan fingerprint density at radius 2 is 1.87 bits per heavy atom. The Balaban J connectivity index is 1.40. The van der Waals surface area contributed by atoms with Gasteiger partial charge in [-0.05, 0) is 44.2 Å². The van der Waals surface area contributed by atoms with E-state index in [0.717, 1.165) is 25.7 Å². The van der Waals surface area contributed by atoms with E-state index in [1.54, 1.807) is 12.1 Å². The zero-order valence-corrected chi connectivity index (χ0v) is 17.2. The number of halogens is 1. The Morgan fingerprint density at radius 1 is 1.10 bits per heavy atom. The molecule has 1 saturated carbocycles. The van der Waals surface area contributed by atoms with Crippen LogP contribution in [0.5, 0.6) is 0 Å². The number of aliphatic hydroxyl groups is 1. The number of aliphatic hydroxyl groups excluding tert-OH is 1. The summed E-state index contributed by atoms with van der Waals surface area (Å²) >= 11 is 0. The number of nitrogens with one attached hydrogen (secondary N) is 3. The van der Waals surface area contributed by atoms with E-state index in [2.05, 4.69) is 16.0 Å². The van der Waals surface area contributed by atoms with Crippen molar-refractivity contribution in [2.24, 2.45) is 5.92 Å². The maximum absolute atomic E-state index is 13.7. The molecule has 2 aliphatic rings. The van der Waals surface area contributed by atoms with Crippen molar-refractivity contribution in [3.05, 3.63) is 30.1 Å². The van der Waals surface area contributed by atoms with Gasteiger partial charge in [0.1, 0.15) is 11.9 Å². The third kappa shape index (κ3) is 6.40. The molecule has 1 aliphatic heterocycles. The monoisotopic (exact) mass is 421 g/mol. The van der Waals surface area contributed by atoms with Gasteiger partial charge in [0, 0.05) is 12.5 Å². The molecule has 2 fully saturated rings. The SMILES string of the molecule is O=C(Nc1ccccc1F)N[C@@H]1CC[C@@H](CCNC(=O)C2CCCCC2)O[C@H]1CO. The molecule has 0 unspecified atom stereocenters. The standard InChI is InChI=1S/C22H32FN3O4/c23-17-8-4-5-9-18(17)25-22(29)26-19-11-10-16(30-20(19)14-27)12-13-24-21(28)15-6-2-1-3-7-15/h4-5,8-9,15-16,19-20,27H,1-3,6-7,10-14H2,(H,24,28)(H2,25,26,29)/t16-,19+,20-/m0/s1. The van der Waals surface area contributed by atoms with Gasteiger partial charge in [0.05, 0.1) is 24.4 Å². The predicted octanol–water partition coefficient (Wildman–Crippen LogP) is 2.94. The Morgan fingerprint density at radius 3 is 2.60 bits per heavy atom. The van der Waals surface area contributed by atoms with Crippen molar-refractivity contribution in [2.45, 2.75) is 69.6 Å². The maximum atomic E-state index is 13.7. The summed E-state index contributed by atoms with van der Waals surface area (Å²) in [5.41, 5.74) is 0.0962. The van der Waals surface area contributed by atoms with E-state index in [4.69, 9.17) is 4.74 Å². The zero-order valence-electron chi connectivity index (χ0n) is 17.2. The molecule has 1 heterocycles. The Hall–Kier alpha value is -2.19. The van der Waals surface area contributed by atoms with Crippen molar-refractivity contribution in [1.29, 1.82) is 0 Å². The van der Waals surface area contributed by atoms with Crippen LogP contribution in [0, 0.1) is 11.7 Å². The van der Waals surface area contributed by atoms with E-state index < -0.39 is 18.0 Å². The minimum Gasteiger partial charge on any atom is -0.394 e. The summed E-state index contributed by atoms with van der Waals surface area (Å²) in [5.74, 6) is -0.243. The number of ether oxygens (including phenoxy) is 1. The van der Waals surface area contributed by atoms with Gasteiger partial charge in [-0.3, -0.25) is 4.79 Å². The molecular formula is C22H32FN3O4. The highest BCUT2D eigenvalue weighted by molar-refractivity contribution is 5.89. The molecule has 3 amide bonds. The van der Waals surface area contributed by atoms with Crippen LogP contribution in [-0.2, 0) is 9.53 Å². The Labute approximate surface area is 176 Å². The van der Waals surface area contributed by atoms with E-state index >= 15 is 0 Å². The average Bonchev–Trinajstić information content (AvgIpc) is 2.76. The van der Waals surface area contributed by atoms with Crippen LogP contribution in [0.4, 0.5) is 14.9 Å². The maximum Gasteiger partial charge on any atom is 0.319 e. The van der Waals surface area contributed by atoms with Crippen LogP contribution in [0.3, 0.4) is 0 Å². The molecule has 7 nitrogen and oxygen atoms in total. The van der Waals surface area contributed by atoms with E-state index in [0.29, 0.717) is 25.8 Å². The Kier molecular flexibility index (Phi) is 8.45. The molecule has 8 heteroatoms. The molecule has 3 atom stereocenters. The van der Waals surface area contributed by atoms with Crippen molar-refractivity contribution in [2.75, 3.05) is 18.5 Å². The first-order valence-electron chi connectivity index (χ1n) is 10.9. The van der Waals surface area contributed by atoms with Crippen molar-refractivity contribution in [3.63, 3.8) is 0 Å². The molecular weight excluding hydrogens is 389 g/mol. The number of para-hydroxylation sites is 1. The van der Waals surface area contributed by atoms with E-state index in [1.165, 1.54) is 18.6 Å². The summed E-state index contributed by atoms with van der Waals surface area (Å²) in [6.07, 6.45) is 6.81. The predicted molar refractivity (Wildman–Crippen MR) is 112 cm³/mol. The lowest BCUT2D eigenvalue weighted by Gasteiger charge is -2.36. The molecule has 30 heavy (non-hydrogen) atoms. The molecule has 1 aliphatic carbocycles. The third-order valence-corrected chi connectivity index (χ3v) is 5.98. The average molecular weight is 422 g/mol. The van der Waals surface area contributed by atoms with Crippen molar-refractivity contribution in [3.8, 4) is 0 Å². The molecule has 1 aromatic rings. The molecule has 166 valence electrons. The number of urea groups is 1. The van der Waals surface area contributed by atoms with Gasteiger partial charge in [-0.2, -0.15) is 0 Å². The summed E-state index contributed by atoms with van der Waals surface area (Å²) in [4.78, 5) is 24.4. The number of amides is 3. The lowest BCUT2D eigenvalue weighted by molar-refractivity contribution is -0.126. The number of carbonyl (C=O) groups excluding carboxylic acids is 2. The first-order chi connectivity index (χ1) is 14.6. The molecule has 1 aromatic carbocycles. The Bertz CT molecular complexity index is 711. The summed E-state index contributed by atoms with van der Waals surface area (Å²) in [5, 5.41) is 17.9. The van der Waals surface area contributed by atoms with Gasteiger partial charge >= 0.3 is 6.03 Å². The van der Waals surface area contributed by atoms with Crippen LogP contribution in [-0.4, -0.2) is 48.4 Å². The van der Waals surface area contributed by atoms with Gasteiger partial charge < -0.3 is 25.8 Å². The lowest BCUT2D eigenvalue weighted by Crippen LogP contribution is -2.52. The molecule has 3 rings (SSSR count). The van der Waals surface area contributed by atoms with Crippen LogP contribution in [0.15, 0.2) is 24.3 Å². The van der Waals surface area contributed by atoms with Gasteiger partial charge in [-0.15, -0.1) is 0 Å². The molecule has 0 spiro atoms. The van der Waals surface area contributed by atoms with E-state index in [-0.39, 0.29) is 36.3 Å². The van der Waals surface area contributed by atoms with Gasteiger partial charge in [-0.25, -0.2) is 9.18 Å². The van der Waals surface area contributed by atoms with Crippen LogP contribution >= 0.6 is 0 Å². The first-order valence-corrected chi connectivity index (χ1v) is 10.9. The van der Waals surface area contributed by atoms with Crippen LogP contribution in [0.2, 0.25) is 0 Å². The lowest BCUT2D eigenvalue weighted by atomic mass is 9.88. The quantitative estimate of drug-likeness (QED) is 0.544. The molecule has 1 saturated heterocycles. The minimum absolute atomic E-state index is 0.0820. The van der Waals surface area contributed by atoms with Gasteiger partial charge in [0.2, 0.25) is 5.91 Å². The highest BCUT2D eigenvalue weighted by atomic mass is 19.1. The smallest absolute Gasteiger partial charge is 0.319 e. The van der Waals surface area contributed by atoms with Gasteiger partial charge in [0.25, 0.3) is 0 Å². The van der Waals surface area contributed by atoms with Crippen molar-refractivity contribution in [1.82, 2.24) is 10.6 Å². The number of anilines is 1. The fourth-order valence-corrected chi connectivity index (χ4v) is 4.26. The number of hydrogen-bond donors (Lipinski definition) is 4. The number of hydrogen-bond acceptors (Lipinski definition) is 4. The number of carbonyl (C=O) groups is 2. The normalized spacial score (nSPS) is 24.8. The van der Waals surface area contributed by atoms with Crippen LogP contribution in [0.1, 0.15) is 51.4 Å². The van der Waals surface area contributed by atoms with E-state index in [1.807, 2.05) is 0 Å². The number of rotatable bonds is 7. The highest BCUT2D eigenvalue weighted by Gasteiger charge is 2.32. The second-order valence-corrected chi connectivity index (χ2v) is 8.16. The molecule has 0 bridgehead atoms. The van der Waals surface area contributed by atoms with Gasteiger partial charge in [0.15, 0.2) is 0 Å². The highest BCUT2D eigenvalue weighted by Crippen LogP contribution is 2.24. The number of benzene rings is 1. The molecule has 0 aromatic heterocycles. The van der Waals surface area contributed by atoms with E-state index in [9.17, 15) is 19.1 Å². The summed E-state index contributed by atoms with van der Waals surface area (Å²) in [6.45, 7) is 0.319. The fourth-order valence-electron chi connectivity index (χ4n) is 4.26. The van der Waals surface area contributed by atoms with Crippen LogP contribution < -0.4 is 16.0 Å². The largest absolute Gasteiger partial charge is 0.394 e. The van der Waals surface area contributed by atoms with Crippen molar-refractivity contribution >= 4 is 17.6 Å². The van der Waals surface area contributed by atoms with Gasteiger partial charge in [-0.1, -0.05) is 31.4 Å². The van der Waals surface area contributed by atoms with Crippen molar-refractivity contribution < 1.29 is 23.8 Å². The second-order valence-electron chi connectivity index (χ2n) is 8.16. The third-order valence-electron chi connectivity index (χ3n) is 5.98. The van der Waals surface area contributed by atoms with Crippen LogP contribution in [0.25, 0.3) is 0 Å². The second kappa shape index (κ2) is 11.3. The minimum atomic E-state index is -0.538.